The van der Waals surface area contributed by atoms with E-state index in [0.717, 1.165) is 46.2 Å². The van der Waals surface area contributed by atoms with E-state index in [2.05, 4.69) is 20.5 Å². The molecule has 0 atom stereocenters. The Kier molecular flexibility index (Phi) is 5.54. The highest BCUT2D eigenvalue weighted by atomic mass is 16.5. The van der Waals surface area contributed by atoms with Crippen LogP contribution in [0.5, 0.6) is 11.6 Å². The van der Waals surface area contributed by atoms with Gasteiger partial charge in [-0.15, -0.1) is 0 Å². The topological polar surface area (TPSA) is 112 Å². The molecule has 0 bridgehead atoms. The summed E-state index contributed by atoms with van der Waals surface area (Å²) in [6.45, 7) is 0. The number of nitrogens with one attached hydrogen (secondary N) is 3. The minimum absolute atomic E-state index is 0.145. The van der Waals surface area contributed by atoms with Crippen LogP contribution in [0.25, 0.3) is 33.3 Å². The van der Waals surface area contributed by atoms with E-state index in [1.807, 2.05) is 48.8 Å². The number of aromatic nitrogens is 5. The second-order valence-electron chi connectivity index (χ2n) is 8.89. The Morgan fingerprint density at radius 1 is 0.857 bits per heavy atom. The second kappa shape index (κ2) is 9.13. The van der Waals surface area contributed by atoms with E-state index in [4.69, 9.17) is 14.7 Å². The first-order chi connectivity index (χ1) is 17.2. The second-order valence-corrected chi connectivity index (χ2v) is 8.89. The van der Waals surface area contributed by atoms with Crippen LogP contribution in [0.2, 0.25) is 0 Å². The third-order valence-electron chi connectivity index (χ3n) is 6.48. The molecule has 1 fully saturated rings. The Hall–Kier alpha value is -4.33. The maximum Gasteiger partial charge on any atom is 0.232 e. The number of benzene rings is 2. The normalized spacial score (nSPS) is 14.3. The number of nitrogens with zero attached hydrogens (tertiary/aromatic N) is 3. The number of phenols is 1. The van der Waals surface area contributed by atoms with Gasteiger partial charge >= 0.3 is 0 Å². The van der Waals surface area contributed by atoms with Crippen molar-refractivity contribution in [1.29, 1.82) is 0 Å². The molecule has 1 saturated carbocycles. The standard InChI is InChI=1S/C27H26N6O2/c34-21-12-8-18(9-13-21)23-16-28-25-24(23)26(35-22-4-2-1-3-5-22)33-27(32-25)31-20-10-6-17(7-11-20)19-14-29-30-15-19/h6-16,22,34H,1-5H2,(H,29,30)(H2,28,31,32,33). The summed E-state index contributed by atoms with van der Waals surface area (Å²) in [6.07, 6.45) is 11.4. The number of phenolic OH excluding ortho intramolecular Hbond substituents is 1. The Bertz CT molecular complexity index is 1420. The summed E-state index contributed by atoms with van der Waals surface area (Å²) in [5.41, 5.74) is 5.59. The Morgan fingerprint density at radius 2 is 1.63 bits per heavy atom. The summed E-state index contributed by atoms with van der Waals surface area (Å²) in [7, 11) is 0. The van der Waals surface area contributed by atoms with Crippen molar-refractivity contribution in [1.82, 2.24) is 25.1 Å². The summed E-state index contributed by atoms with van der Waals surface area (Å²) in [5.74, 6) is 1.27. The van der Waals surface area contributed by atoms with E-state index in [9.17, 15) is 5.11 Å². The van der Waals surface area contributed by atoms with Gasteiger partial charge in [-0.25, -0.2) is 0 Å². The van der Waals surface area contributed by atoms with Crippen molar-refractivity contribution in [3.8, 4) is 33.9 Å². The van der Waals surface area contributed by atoms with Gasteiger partial charge in [0.2, 0.25) is 11.8 Å². The predicted molar refractivity (Wildman–Crippen MR) is 136 cm³/mol. The first kappa shape index (κ1) is 21.2. The van der Waals surface area contributed by atoms with Crippen LogP contribution in [-0.4, -0.2) is 36.4 Å². The van der Waals surface area contributed by atoms with Gasteiger partial charge in [0.05, 0.1) is 11.6 Å². The van der Waals surface area contributed by atoms with Crippen LogP contribution in [0.15, 0.2) is 67.1 Å². The number of aromatic hydroxyl groups is 1. The van der Waals surface area contributed by atoms with Crippen LogP contribution >= 0.6 is 0 Å². The number of aromatic amines is 2. The maximum atomic E-state index is 9.72. The molecule has 8 nitrogen and oxygen atoms in total. The first-order valence-corrected chi connectivity index (χ1v) is 11.9. The molecule has 8 heteroatoms. The van der Waals surface area contributed by atoms with Crippen molar-refractivity contribution in [3.63, 3.8) is 0 Å². The predicted octanol–water partition coefficient (Wildman–Crippen LogP) is 6.18. The minimum Gasteiger partial charge on any atom is -0.508 e. The van der Waals surface area contributed by atoms with Crippen LogP contribution in [0.4, 0.5) is 11.6 Å². The number of rotatable bonds is 6. The van der Waals surface area contributed by atoms with Crippen LogP contribution in [0, 0.1) is 0 Å². The quantitative estimate of drug-likeness (QED) is 0.238. The summed E-state index contributed by atoms with van der Waals surface area (Å²) in [5, 5.41) is 20.7. The van der Waals surface area contributed by atoms with E-state index < -0.39 is 0 Å². The third kappa shape index (κ3) is 4.42. The summed E-state index contributed by atoms with van der Waals surface area (Å²) >= 11 is 0. The van der Waals surface area contributed by atoms with Gasteiger partial charge in [0, 0.05) is 29.2 Å². The van der Waals surface area contributed by atoms with Gasteiger partial charge < -0.3 is 20.1 Å². The van der Waals surface area contributed by atoms with Crippen molar-refractivity contribution in [2.24, 2.45) is 0 Å². The molecule has 35 heavy (non-hydrogen) atoms. The molecule has 176 valence electrons. The zero-order valence-corrected chi connectivity index (χ0v) is 19.2. The fourth-order valence-electron chi connectivity index (χ4n) is 4.63. The lowest BCUT2D eigenvalue weighted by molar-refractivity contribution is 0.151. The average molecular weight is 467 g/mol. The molecule has 1 aliphatic carbocycles. The first-order valence-electron chi connectivity index (χ1n) is 11.9. The molecule has 1 aliphatic rings. The number of hydrogen-bond acceptors (Lipinski definition) is 6. The molecule has 6 rings (SSSR count). The molecule has 0 saturated heterocycles. The van der Waals surface area contributed by atoms with Gasteiger partial charge in [-0.3, -0.25) is 5.10 Å². The monoisotopic (exact) mass is 466 g/mol. The van der Waals surface area contributed by atoms with Crippen molar-refractivity contribution in [2.45, 2.75) is 38.2 Å². The number of H-pyrrole nitrogens is 2. The van der Waals surface area contributed by atoms with E-state index in [-0.39, 0.29) is 11.9 Å². The molecule has 3 heterocycles. The lowest BCUT2D eigenvalue weighted by Gasteiger charge is -2.23. The molecule has 2 aromatic carbocycles. The maximum absolute atomic E-state index is 9.72. The van der Waals surface area contributed by atoms with Gasteiger partial charge in [0.15, 0.2) is 0 Å². The highest BCUT2D eigenvalue weighted by Crippen LogP contribution is 2.37. The lowest BCUT2D eigenvalue weighted by Crippen LogP contribution is -2.20. The SMILES string of the molecule is Oc1ccc(-c2c[nH]c3nc(Nc4ccc(-c5cn[nH]c5)cc4)nc(OC4CCCCC4)c23)cc1. The van der Waals surface area contributed by atoms with Crippen molar-refractivity contribution < 1.29 is 9.84 Å². The van der Waals surface area contributed by atoms with E-state index >= 15 is 0 Å². The average Bonchev–Trinajstić information content (AvgIpc) is 3.57. The van der Waals surface area contributed by atoms with Crippen molar-refractivity contribution >= 4 is 22.7 Å². The Morgan fingerprint density at radius 3 is 2.37 bits per heavy atom. The molecule has 3 aromatic heterocycles. The van der Waals surface area contributed by atoms with Crippen LogP contribution < -0.4 is 10.1 Å². The highest BCUT2D eigenvalue weighted by Gasteiger charge is 2.21. The van der Waals surface area contributed by atoms with Gasteiger partial charge in [-0.1, -0.05) is 30.7 Å². The lowest BCUT2D eigenvalue weighted by atomic mass is 9.98. The summed E-state index contributed by atoms with van der Waals surface area (Å²) in [6, 6.07) is 15.2. The molecular weight excluding hydrogens is 440 g/mol. The van der Waals surface area contributed by atoms with Crippen molar-refractivity contribution in [2.75, 3.05) is 5.32 Å². The zero-order chi connectivity index (χ0) is 23.6. The number of fused-ring (bicyclic) bond motifs is 1. The molecule has 0 spiro atoms. The minimum atomic E-state index is 0.145. The van der Waals surface area contributed by atoms with Crippen LogP contribution in [-0.2, 0) is 0 Å². The fraction of sp³-hybridized carbons (Fsp3) is 0.222. The number of anilines is 2. The third-order valence-corrected chi connectivity index (χ3v) is 6.48. The molecule has 5 aromatic rings. The molecular formula is C27H26N6O2. The fourth-order valence-corrected chi connectivity index (χ4v) is 4.63. The molecule has 0 aliphatic heterocycles. The molecule has 0 amide bonds. The summed E-state index contributed by atoms with van der Waals surface area (Å²) < 4.78 is 6.49. The smallest absolute Gasteiger partial charge is 0.232 e. The van der Waals surface area contributed by atoms with Crippen molar-refractivity contribution in [3.05, 3.63) is 67.1 Å². The highest BCUT2D eigenvalue weighted by molar-refractivity contribution is 5.97. The van der Waals surface area contributed by atoms with E-state index in [1.165, 1.54) is 19.3 Å². The van der Waals surface area contributed by atoms with E-state index in [1.54, 1.807) is 18.3 Å². The largest absolute Gasteiger partial charge is 0.508 e. The molecule has 0 radical (unpaired) electrons. The summed E-state index contributed by atoms with van der Waals surface area (Å²) in [4.78, 5) is 12.8. The number of hydrogen-bond donors (Lipinski definition) is 4. The Labute approximate surface area is 202 Å². The van der Waals surface area contributed by atoms with Crippen LogP contribution in [0.1, 0.15) is 32.1 Å². The molecule has 4 N–H and O–H groups in total. The van der Waals surface area contributed by atoms with Gasteiger partial charge in [0.25, 0.3) is 0 Å². The van der Waals surface area contributed by atoms with Gasteiger partial charge in [-0.05, 0) is 61.1 Å². The van der Waals surface area contributed by atoms with E-state index in [0.29, 0.717) is 17.5 Å². The number of ether oxygens (including phenoxy) is 1. The zero-order valence-electron chi connectivity index (χ0n) is 19.2. The van der Waals surface area contributed by atoms with Crippen LogP contribution in [0.3, 0.4) is 0 Å². The van der Waals surface area contributed by atoms with Gasteiger partial charge in [0.1, 0.15) is 17.5 Å². The Balaban J connectivity index is 1.36. The van der Waals surface area contributed by atoms with Gasteiger partial charge in [-0.2, -0.15) is 15.1 Å². The molecule has 0 unspecified atom stereocenters.